The number of halogens is 1. The van der Waals surface area contributed by atoms with E-state index in [1.54, 1.807) is 10.9 Å². The lowest BCUT2D eigenvalue weighted by Gasteiger charge is -2.36. The van der Waals surface area contributed by atoms with Crippen LogP contribution < -0.4 is 10.5 Å². The van der Waals surface area contributed by atoms with Crippen molar-refractivity contribution in [3.63, 3.8) is 0 Å². The van der Waals surface area contributed by atoms with Crippen molar-refractivity contribution < 1.29 is 9.90 Å². The third-order valence-electron chi connectivity index (χ3n) is 6.27. The van der Waals surface area contributed by atoms with Crippen LogP contribution in [0.1, 0.15) is 36.2 Å². The Morgan fingerprint density at radius 3 is 2.73 bits per heavy atom. The third-order valence-corrected chi connectivity index (χ3v) is 6.51. The van der Waals surface area contributed by atoms with Crippen LogP contribution in [0.4, 0.5) is 5.69 Å². The Hall–Kier alpha value is -3.66. The average Bonchev–Trinajstić information content (AvgIpc) is 3.47. The number of piperidine rings is 1. The van der Waals surface area contributed by atoms with Gasteiger partial charge >= 0.3 is 5.97 Å². The summed E-state index contributed by atoms with van der Waals surface area (Å²) in [5, 5.41) is 18.3. The van der Waals surface area contributed by atoms with Gasteiger partial charge in [-0.15, -0.1) is 0 Å². The summed E-state index contributed by atoms with van der Waals surface area (Å²) in [7, 11) is 0. The molecule has 10 nitrogen and oxygen atoms in total. The molecular weight excluding hydrogens is 446 g/mol. The molecule has 1 aromatic carbocycles. The zero-order valence-electron chi connectivity index (χ0n) is 17.8. The Kier molecular flexibility index (Phi) is 5.37. The first-order valence-electron chi connectivity index (χ1n) is 10.7. The molecule has 0 unspecified atom stereocenters. The number of H-pyrrole nitrogens is 1. The van der Waals surface area contributed by atoms with E-state index in [1.807, 2.05) is 18.2 Å². The number of hydrogen-bond acceptors (Lipinski definition) is 6. The monoisotopic (exact) mass is 467 g/mol. The molecule has 0 amide bonds. The number of aromatic carboxylic acids is 1. The van der Waals surface area contributed by atoms with Crippen molar-refractivity contribution in [1.82, 2.24) is 29.5 Å². The number of carbonyl (C=O) groups is 1. The van der Waals surface area contributed by atoms with Crippen molar-refractivity contribution >= 4 is 34.3 Å². The SMILES string of the molecule is C[C@@H](C1CCN(c2cccc(Cl)c2)CC1)n1ncc2nc(-n3cc(C(=O)O)cn3)[nH]c(=O)c21. The topological polar surface area (TPSA) is 122 Å². The maximum Gasteiger partial charge on any atom is 0.338 e. The molecule has 5 rings (SSSR count). The second kappa shape index (κ2) is 8.36. The zero-order chi connectivity index (χ0) is 23.1. The smallest absolute Gasteiger partial charge is 0.338 e. The zero-order valence-corrected chi connectivity index (χ0v) is 18.6. The largest absolute Gasteiger partial charge is 0.478 e. The van der Waals surface area contributed by atoms with E-state index < -0.39 is 5.97 Å². The molecule has 0 saturated carbocycles. The highest BCUT2D eigenvalue weighted by molar-refractivity contribution is 6.30. The van der Waals surface area contributed by atoms with E-state index in [0.717, 1.165) is 36.6 Å². The summed E-state index contributed by atoms with van der Waals surface area (Å²) in [5.74, 6) is -0.610. The van der Waals surface area contributed by atoms with E-state index >= 15 is 0 Å². The number of carboxylic acids is 1. The minimum absolute atomic E-state index is 0.00572. The molecule has 0 radical (unpaired) electrons. The van der Waals surface area contributed by atoms with Crippen molar-refractivity contribution in [2.24, 2.45) is 5.92 Å². The number of carboxylic acid groups (broad SMARTS) is 1. The second-order valence-corrected chi connectivity index (χ2v) is 8.67. The van der Waals surface area contributed by atoms with Gasteiger partial charge in [-0.3, -0.25) is 14.5 Å². The van der Waals surface area contributed by atoms with E-state index in [9.17, 15) is 9.59 Å². The van der Waals surface area contributed by atoms with E-state index in [1.165, 1.54) is 17.1 Å². The van der Waals surface area contributed by atoms with Crippen LogP contribution in [0.2, 0.25) is 5.02 Å². The van der Waals surface area contributed by atoms with Gasteiger partial charge in [0.05, 0.1) is 24.0 Å². The molecule has 1 aliphatic rings. The molecule has 1 fully saturated rings. The number of benzene rings is 1. The van der Waals surface area contributed by atoms with Gasteiger partial charge in [-0.25, -0.2) is 14.5 Å². The highest BCUT2D eigenvalue weighted by Crippen LogP contribution is 2.32. The van der Waals surface area contributed by atoms with Crippen LogP contribution in [-0.2, 0) is 0 Å². The van der Waals surface area contributed by atoms with Crippen LogP contribution >= 0.6 is 11.6 Å². The fourth-order valence-corrected chi connectivity index (χ4v) is 4.62. The van der Waals surface area contributed by atoms with Crippen molar-refractivity contribution in [2.45, 2.75) is 25.8 Å². The maximum absolute atomic E-state index is 12.9. The predicted molar refractivity (Wildman–Crippen MR) is 123 cm³/mol. The first-order chi connectivity index (χ1) is 15.9. The molecule has 1 atom stereocenters. The van der Waals surface area contributed by atoms with Gasteiger partial charge in [0, 0.05) is 30.0 Å². The van der Waals surface area contributed by atoms with Gasteiger partial charge in [0.25, 0.3) is 5.56 Å². The molecule has 2 N–H and O–H groups in total. The molecule has 0 bridgehead atoms. The number of aromatic nitrogens is 6. The van der Waals surface area contributed by atoms with Crippen LogP contribution in [0, 0.1) is 5.92 Å². The molecule has 1 aliphatic heterocycles. The molecule has 1 saturated heterocycles. The number of nitrogens with one attached hydrogen (secondary N) is 1. The van der Waals surface area contributed by atoms with Gasteiger partial charge in [-0.1, -0.05) is 17.7 Å². The Labute approximate surface area is 193 Å². The van der Waals surface area contributed by atoms with Gasteiger partial charge in [-0.05, 0) is 43.9 Å². The lowest BCUT2D eigenvalue weighted by atomic mass is 9.90. The summed E-state index contributed by atoms with van der Waals surface area (Å²) in [6.45, 7) is 3.88. The Balaban J connectivity index is 1.36. The molecule has 4 heterocycles. The van der Waals surface area contributed by atoms with E-state index in [4.69, 9.17) is 16.7 Å². The van der Waals surface area contributed by atoms with E-state index in [0.29, 0.717) is 17.0 Å². The summed E-state index contributed by atoms with van der Waals surface area (Å²) < 4.78 is 2.98. The van der Waals surface area contributed by atoms with E-state index in [-0.39, 0.29) is 23.1 Å². The molecule has 4 aromatic rings. The van der Waals surface area contributed by atoms with Crippen molar-refractivity contribution in [3.8, 4) is 5.95 Å². The number of aromatic amines is 1. The average molecular weight is 468 g/mol. The number of anilines is 1. The van der Waals surface area contributed by atoms with Gasteiger partial charge in [0.15, 0.2) is 5.52 Å². The van der Waals surface area contributed by atoms with Crippen LogP contribution in [0.15, 0.2) is 47.7 Å². The van der Waals surface area contributed by atoms with Crippen LogP contribution in [0.3, 0.4) is 0 Å². The molecule has 3 aromatic heterocycles. The second-order valence-electron chi connectivity index (χ2n) is 8.24. The fourth-order valence-electron chi connectivity index (χ4n) is 4.44. The van der Waals surface area contributed by atoms with Crippen molar-refractivity contribution in [1.29, 1.82) is 0 Å². The van der Waals surface area contributed by atoms with Crippen LogP contribution in [0.25, 0.3) is 17.0 Å². The van der Waals surface area contributed by atoms with Gasteiger partial charge in [0.1, 0.15) is 5.52 Å². The summed E-state index contributed by atoms with van der Waals surface area (Å²) >= 11 is 6.14. The van der Waals surface area contributed by atoms with E-state index in [2.05, 4.69) is 38.1 Å². The number of rotatable bonds is 5. The standard InChI is InChI=1S/C22H22ClN7O3/c1-13(14-5-7-28(8-6-14)17-4-2-3-16(23)9-17)30-19-18(11-25-30)26-22(27-20(19)31)29-12-15(10-24-29)21(32)33/h2-4,9-14H,5-8H2,1H3,(H,32,33)(H,26,27,31)/t13-/m0/s1. The Morgan fingerprint density at radius 1 is 1.24 bits per heavy atom. The maximum atomic E-state index is 12.9. The number of fused-ring (bicyclic) bond motifs is 1. The summed E-state index contributed by atoms with van der Waals surface area (Å²) in [5.41, 5.74) is 1.61. The van der Waals surface area contributed by atoms with Crippen molar-refractivity contribution in [2.75, 3.05) is 18.0 Å². The Morgan fingerprint density at radius 2 is 2.03 bits per heavy atom. The van der Waals surface area contributed by atoms with Gasteiger partial charge < -0.3 is 10.0 Å². The van der Waals surface area contributed by atoms with Crippen LogP contribution in [-0.4, -0.2) is 53.7 Å². The molecule has 11 heteroatoms. The lowest BCUT2D eigenvalue weighted by molar-refractivity contribution is 0.0697. The Bertz CT molecular complexity index is 1380. The molecule has 33 heavy (non-hydrogen) atoms. The van der Waals surface area contributed by atoms with Crippen LogP contribution in [0.5, 0.6) is 0 Å². The number of hydrogen-bond donors (Lipinski definition) is 2. The molecule has 0 spiro atoms. The number of nitrogens with zero attached hydrogens (tertiary/aromatic N) is 6. The summed E-state index contributed by atoms with van der Waals surface area (Å²) in [4.78, 5) is 33.5. The fraction of sp³-hybridized carbons (Fsp3) is 0.318. The minimum atomic E-state index is -1.10. The quantitative estimate of drug-likeness (QED) is 0.462. The summed E-state index contributed by atoms with van der Waals surface area (Å²) in [6.07, 6.45) is 5.99. The minimum Gasteiger partial charge on any atom is -0.478 e. The molecule has 0 aliphatic carbocycles. The van der Waals surface area contributed by atoms with Gasteiger partial charge in [-0.2, -0.15) is 10.2 Å². The van der Waals surface area contributed by atoms with Gasteiger partial charge in [0.2, 0.25) is 5.95 Å². The highest BCUT2D eigenvalue weighted by atomic mass is 35.5. The third kappa shape index (κ3) is 3.97. The molecular formula is C22H22ClN7O3. The normalized spacial score (nSPS) is 15.8. The first-order valence-corrected chi connectivity index (χ1v) is 11.0. The van der Waals surface area contributed by atoms with Crippen molar-refractivity contribution in [3.05, 3.63) is 63.8 Å². The lowest BCUT2D eigenvalue weighted by Crippen LogP contribution is -2.36. The highest BCUT2D eigenvalue weighted by Gasteiger charge is 2.27. The summed E-state index contributed by atoms with van der Waals surface area (Å²) in [6, 6.07) is 7.90. The first kappa shape index (κ1) is 21.2. The molecule has 170 valence electrons. The predicted octanol–water partition coefficient (Wildman–Crippen LogP) is 3.13.